The summed E-state index contributed by atoms with van der Waals surface area (Å²) < 4.78 is 0. The summed E-state index contributed by atoms with van der Waals surface area (Å²) in [4.78, 5) is 6.57. The summed E-state index contributed by atoms with van der Waals surface area (Å²) >= 11 is 0. The Morgan fingerprint density at radius 1 is 1.33 bits per heavy atom. The van der Waals surface area contributed by atoms with Crippen LogP contribution in [-0.4, -0.2) is 40.2 Å². The first kappa shape index (κ1) is 11.7. The Balaban J connectivity index is 1.78. The molecule has 3 aliphatic heterocycles. The fourth-order valence-electron chi connectivity index (χ4n) is 2.88. The first-order chi connectivity index (χ1) is 8.74. The van der Waals surface area contributed by atoms with Crippen molar-refractivity contribution in [1.29, 1.82) is 0 Å². The van der Waals surface area contributed by atoms with Crippen LogP contribution in [0.15, 0.2) is 18.3 Å². The third-order valence-electron chi connectivity index (χ3n) is 4.03. The number of aryl methyl sites for hydroxylation is 1. The van der Waals surface area contributed by atoms with Gasteiger partial charge in [-0.25, -0.2) is 4.98 Å². The molecule has 0 radical (unpaired) electrons. The molecule has 3 fully saturated rings. The van der Waals surface area contributed by atoms with Crippen LogP contribution in [0.4, 0.5) is 0 Å². The van der Waals surface area contributed by atoms with Gasteiger partial charge < -0.3 is 5.11 Å². The average molecular weight is 242 g/mol. The highest BCUT2D eigenvalue weighted by molar-refractivity contribution is 5.31. The van der Waals surface area contributed by atoms with Gasteiger partial charge in [0.2, 0.25) is 0 Å². The van der Waals surface area contributed by atoms with E-state index in [2.05, 4.69) is 21.7 Å². The molecule has 94 valence electrons. The van der Waals surface area contributed by atoms with Crippen LogP contribution in [0, 0.1) is 24.7 Å². The van der Waals surface area contributed by atoms with Crippen molar-refractivity contribution in [2.45, 2.75) is 31.9 Å². The van der Waals surface area contributed by atoms with Gasteiger partial charge in [-0.15, -0.1) is 0 Å². The smallest absolute Gasteiger partial charge is 0.113 e. The summed E-state index contributed by atoms with van der Waals surface area (Å²) in [6, 6.07) is 3.95. The van der Waals surface area contributed by atoms with Crippen molar-refractivity contribution in [2.75, 3.05) is 13.1 Å². The van der Waals surface area contributed by atoms with E-state index in [1.807, 2.05) is 25.3 Å². The lowest BCUT2D eigenvalue weighted by molar-refractivity contribution is -0.0500. The topological polar surface area (TPSA) is 36.4 Å². The lowest BCUT2D eigenvalue weighted by atomic mass is 9.81. The van der Waals surface area contributed by atoms with Crippen molar-refractivity contribution in [3.05, 3.63) is 29.6 Å². The Kier molecular flexibility index (Phi) is 3.07. The predicted octanol–water partition coefficient (Wildman–Crippen LogP) is 1.20. The van der Waals surface area contributed by atoms with Gasteiger partial charge in [-0.05, 0) is 56.3 Å². The second-order valence-corrected chi connectivity index (χ2v) is 5.30. The first-order valence-corrected chi connectivity index (χ1v) is 6.60. The lowest BCUT2D eigenvalue weighted by Gasteiger charge is -2.46. The number of fused-ring (bicyclic) bond motifs is 3. The van der Waals surface area contributed by atoms with E-state index in [-0.39, 0.29) is 12.1 Å². The minimum absolute atomic E-state index is 0.000558. The zero-order chi connectivity index (χ0) is 12.5. The Labute approximate surface area is 108 Å². The highest BCUT2D eigenvalue weighted by atomic mass is 16.3. The van der Waals surface area contributed by atoms with Gasteiger partial charge in [0.25, 0.3) is 0 Å². The molecule has 1 aromatic heterocycles. The van der Waals surface area contributed by atoms with Crippen LogP contribution >= 0.6 is 0 Å². The molecule has 3 nitrogen and oxygen atoms in total. The maximum atomic E-state index is 10.2. The Bertz CT molecular complexity index is 475. The molecule has 0 saturated carbocycles. The molecule has 2 unspecified atom stereocenters. The SMILES string of the molecule is Cc1ccc(C#CC2C(O)C3CCN2CC3)nc1. The fraction of sp³-hybridized carbons (Fsp3) is 0.533. The van der Waals surface area contributed by atoms with Crippen LogP contribution < -0.4 is 0 Å². The molecule has 4 heterocycles. The molecule has 3 aliphatic rings. The quantitative estimate of drug-likeness (QED) is 0.694. The van der Waals surface area contributed by atoms with Gasteiger partial charge in [0.05, 0.1) is 12.1 Å². The minimum atomic E-state index is -0.287. The standard InChI is InChI=1S/C15H18N2O/c1-11-2-3-13(16-10-11)4-5-14-15(18)12-6-8-17(14)9-7-12/h2-3,10,12,14-15,18H,6-9H2,1H3. The molecule has 0 amide bonds. The van der Waals surface area contributed by atoms with E-state index in [1.54, 1.807) is 0 Å². The van der Waals surface area contributed by atoms with Gasteiger partial charge in [0, 0.05) is 6.20 Å². The monoisotopic (exact) mass is 242 g/mol. The number of hydrogen-bond donors (Lipinski definition) is 1. The molecule has 0 aromatic carbocycles. The summed E-state index contributed by atoms with van der Waals surface area (Å²) in [6.45, 7) is 4.16. The van der Waals surface area contributed by atoms with Crippen LogP contribution in [0.5, 0.6) is 0 Å². The van der Waals surface area contributed by atoms with E-state index in [0.29, 0.717) is 5.92 Å². The largest absolute Gasteiger partial charge is 0.390 e. The fourth-order valence-corrected chi connectivity index (χ4v) is 2.88. The molecule has 1 N–H and O–H groups in total. The van der Waals surface area contributed by atoms with Gasteiger partial charge in [-0.2, -0.15) is 0 Å². The third-order valence-corrected chi connectivity index (χ3v) is 4.03. The lowest BCUT2D eigenvalue weighted by Crippen LogP contribution is -2.57. The van der Waals surface area contributed by atoms with E-state index in [1.165, 1.54) is 0 Å². The average Bonchev–Trinajstić information content (AvgIpc) is 2.41. The van der Waals surface area contributed by atoms with Gasteiger partial charge in [0.1, 0.15) is 5.69 Å². The Hall–Kier alpha value is -1.37. The van der Waals surface area contributed by atoms with Crippen molar-refractivity contribution >= 4 is 0 Å². The summed E-state index contributed by atoms with van der Waals surface area (Å²) in [5.74, 6) is 6.74. The highest BCUT2D eigenvalue weighted by Crippen LogP contribution is 2.31. The second-order valence-electron chi connectivity index (χ2n) is 5.30. The number of nitrogens with zero attached hydrogens (tertiary/aromatic N) is 2. The normalized spacial score (nSPS) is 33.9. The predicted molar refractivity (Wildman–Crippen MR) is 69.9 cm³/mol. The van der Waals surface area contributed by atoms with Crippen molar-refractivity contribution in [2.24, 2.45) is 5.92 Å². The number of pyridine rings is 1. The van der Waals surface area contributed by atoms with Crippen molar-refractivity contribution in [3.63, 3.8) is 0 Å². The summed E-state index contributed by atoms with van der Waals surface area (Å²) in [5, 5.41) is 10.2. The Morgan fingerprint density at radius 3 is 2.72 bits per heavy atom. The summed E-state index contributed by atoms with van der Waals surface area (Å²) in [7, 11) is 0. The van der Waals surface area contributed by atoms with E-state index in [9.17, 15) is 5.11 Å². The Morgan fingerprint density at radius 2 is 2.11 bits per heavy atom. The minimum Gasteiger partial charge on any atom is -0.390 e. The number of piperidine rings is 3. The van der Waals surface area contributed by atoms with Crippen LogP contribution in [-0.2, 0) is 0 Å². The third kappa shape index (κ3) is 2.14. The maximum Gasteiger partial charge on any atom is 0.113 e. The van der Waals surface area contributed by atoms with Crippen LogP contribution in [0.2, 0.25) is 0 Å². The molecule has 3 heteroatoms. The molecular formula is C15H18N2O. The zero-order valence-corrected chi connectivity index (χ0v) is 10.6. The van der Waals surface area contributed by atoms with Crippen molar-refractivity contribution < 1.29 is 5.11 Å². The molecule has 0 aliphatic carbocycles. The molecule has 3 saturated heterocycles. The molecular weight excluding hydrogens is 224 g/mol. The number of aromatic nitrogens is 1. The van der Waals surface area contributed by atoms with E-state index >= 15 is 0 Å². The first-order valence-electron chi connectivity index (χ1n) is 6.60. The maximum absolute atomic E-state index is 10.2. The number of rotatable bonds is 0. The van der Waals surface area contributed by atoms with Crippen molar-refractivity contribution in [1.82, 2.24) is 9.88 Å². The van der Waals surface area contributed by atoms with Gasteiger partial charge in [-0.1, -0.05) is 12.0 Å². The molecule has 0 spiro atoms. The van der Waals surface area contributed by atoms with Gasteiger partial charge in [-0.3, -0.25) is 4.90 Å². The molecule has 1 aromatic rings. The van der Waals surface area contributed by atoms with E-state index in [4.69, 9.17) is 0 Å². The molecule has 2 bridgehead atoms. The molecule has 18 heavy (non-hydrogen) atoms. The van der Waals surface area contributed by atoms with Gasteiger partial charge in [0.15, 0.2) is 0 Å². The number of aliphatic hydroxyl groups excluding tert-OH is 1. The van der Waals surface area contributed by atoms with Crippen LogP contribution in [0.25, 0.3) is 0 Å². The molecule has 2 atom stereocenters. The number of hydrogen-bond acceptors (Lipinski definition) is 3. The zero-order valence-electron chi connectivity index (χ0n) is 10.6. The summed E-state index contributed by atoms with van der Waals surface area (Å²) in [5.41, 5.74) is 1.93. The van der Waals surface area contributed by atoms with E-state index < -0.39 is 0 Å². The van der Waals surface area contributed by atoms with E-state index in [0.717, 1.165) is 37.2 Å². The van der Waals surface area contributed by atoms with Crippen LogP contribution in [0.3, 0.4) is 0 Å². The van der Waals surface area contributed by atoms with Gasteiger partial charge >= 0.3 is 0 Å². The second kappa shape index (κ2) is 4.72. The van der Waals surface area contributed by atoms with Crippen molar-refractivity contribution in [3.8, 4) is 11.8 Å². The highest BCUT2D eigenvalue weighted by Gasteiger charge is 2.40. The van der Waals surface area contributed by atoms with Crippen LogP contribution in [0.1, 0.15) is 24.1 Å². The number of aliphatic hydroxyl groups is 1. The molecule has 4 rings (SSSR count). The summed E-state index contributed by atoms with van der Waals surface area (Å²) in [6.07, 6.45) is 3.77.